The van der Waals surface area contributed by atoms with Gasteiger partial charge in [-0.3, -0.25) is 14.8 Å². The maximum atomic E-state index is 11.4. The van der Waals surface area contributed by atoms with Gasteiger partial charge < -0.3 is 9.64 Å². The highest BCUT2D eigenvalue weighted by molar-refractivity contribution is 14.1. The predicted octanol–water partition coefficient (Wildman–Crippen LogP) is 2.68. The Labute approximate surface area is 147 Å². The van der Waals surface area contributed by atoms with Gasteiger partial charge in [0.25, 0.3) is 5.69 Å². The molecule has 1 fully saturated rings. The van der Waals surface area contributed by atoms with Gasteiger partial charge >= 0.3 is 0 Å². The third kappa shape index (κ3) is 3.18. The van der Waals surface area contributed by atoms with Crippen molar-refractivity contribution < 1.29 is 9.66 Å². The number of nitrogens with zero attached hydrogens (tertiary/aromatic N) is 4. The zero-order chi connectivity index (χ0) is 16.6. The van der Waals surface area contributed by atoms with Crippen LogP contribution in [-0.2, 0) is 17.4 Å². The zero-order valence-electron chi connectivity index (χ0n) is 12.9. The molecule has 0 bridgehead atoms. The number of rotatable bonds is 3. The standard InChI is InChI=1S/C15H17IN4O3/c1-15(11-8-17-18(2)9-11)10-19(5-6-23-15)13-4-3-12(16)7-14(13)20(21)22/h3-4,7-9H,5-6,10H2,1-2H3. The summed E-state index contributed by atoms with van der Waals surface area (Å²) in [5, 5.41) is 15.6. The van der Waals surface area contributed by atoms with Crippen LogP contribution in [0.2, 0.25) is 0 Å². The minimum Gasteiger partial charge on any atom is -0.367 e. The third-order valence-electron chi connectivity index (χ3n) is 4.06. The van der Waals surface area contributed by atoms with Crippen LogP contribution in [0.15, 0.2) is 30.6 Å². The molecule has 23 heavy (non-hydrogen) atoms. The molecule has 1 saturated heterocycles. The fraction of sp³-hybridized carbons (Fsp3) is 0.400. The molecule has 0 aliphatic carbocycles. The fourth-order valence-electron chi connectivity index (χ4n) is 2.85. The summed E-state index contributed by atoms with van der Waals surface area (Å²) in [7, 11) is 1.86. The normalized spacial score (nSPS) is 21.4. The first-order chi connectivity index (χ1) is 10.9. The first-order valence-corrected chi connectivity index (χ1v) is 8.29. The fourth-order valence-corrected chi connectivity index (χ4v) is 3.33. The number of aromatic nitrogens is 2. The van der Waals surface area contributed by atoms with E-state index < -0.39 is 5.60 Å². The van der Waals surface area contributed by atoms with Crippen LogP contribution in [0.1, 0.15) is 12.5 Å². The lowest BCUT2D eigenvalue weighted by molar-refractivity contribution is -0.384. The maximum Gasteiger partial charge on any atom is 0.293 e. The van der Waals surface area contributed by atoms with Crippen molar-refractivity contribution in [3.8, 4) is 0 Å². The van der Waals surface area contributed by atoms with E-state index >= 15 is 0 Å². The highest BCUT2D eigenvalue weighted by atomic mass is 127. The Kier molecular flexibility index (Phi) is 4.28. The van der Waals surface area contributed by atoms with E-state index in [2.05, 4.69) is 27.7 Å². The van der Waals surface area contributed by atoms with Crippen LogP contribution in [0.3, 0.4) is 0 Å². The van der Waals surface area contributed by atoms with Crippen molar-refractivity contribution in [2.75, 3.05) is 24.6 Å². The van der Waals surface area contributed by atoms with E-state index in [1.54, 1.807) is 16.9 Å². The van der Waals surface area contributed by atoms with Crippen molar-refractivity contribution in [1.82, 2.24) is 9.78 Å². The second-order valence-corrected chi connectivity index (χ2v) is 7.04. The Morgan fingerprint density at radius 1 is 1.48 bits per heavy atom. The molecule has 7 nitrogen and oxygen atoms in total. The largest absolute Gasteiger partial charge is 0.367 e. The molecular weight excluding hydrogens is 411 g/mol. The van der Waals surface area contributed by atoms with Crippen molar-refractivity contribution in [3.63, 3.8) is 0 Å². The van der Waals surface area contributed by atoms with Gasteiger partial charge in [0.1, 0.15) is 11.3 Å². The lowest BCUT2D eigenvalue weighted by atomic mass is 9.96. The van der Waals surface area contributed by atoms with Crippen LogP contribution in [0.4, 0.5) is 11.4 Å². The molecule has 2 aromatic rings. The molecule has 122 valence electrons. The summed E-state index contributed by atoms with van der Waals surface area (Å²) in [5.41, 5.74) is 1.20. The Bertz CT molecular complexity index is 748. The smallest absolute Gasteiger partial charge is 0.293 e. The van der Waals surface area contributed by atoms with Gasteiger partial charge in [-0.1, -0.05) is 0 Å². The van der Waals surface area contributed by atoms with Crippen LogP contribution in [0.25, 0.3) is 0 Å². The quantitative estimate of drug-likeness (QED) is 0.427. The maximum absolute atomic E-state index is 11.4. The Hall–Kier alpha value is -1.68. The molecule has 0 amide bonds. The van der Waals surface area contributed by atoms with Crippen molar-refractivity contribution in [2.45, 2.75) is 12.5 Å². The monoisotopic (exact) mass is 428 g/mol. The number of ether oxygens (including phenoxy) is 1. The van der Waals surface area contributed by atoms with Gasteiger partial charge in [-0.2, -0.15) is 5.10 Å². The van der Waals surface area contributed by atoms with Gasteiger partial charge in [-0.25, -0.2) is 0 Å². The molecule has 1 aliphatic rings. The molecular formula is C15H17IN4O3. The molecule has 1 unspecified atom stereocenters. The SMILES string of the molecule is Cn1cc(C2(C)CN(c3ccc(I)cc3[N+](=O)[O-])CCO2)cn1. The molecule has 1 aromatic heterocycles. The van der Waals surface area contributed by atoms with Gasteiger partial charge in [0.05, 0.1) is 24.3 Å². The van der Waals surface area contributed by atoms with Crippen molar-refractivity contribution in [1.29, 1.82) is 0 Å². The van der Waals surface area contributed by atoms with Crippen LogP contribution >= 0.6 is 22.6 Å². The molecule has 1 aliphatic heterocycles. The van der Waals surface area contributed by atoms with Gasteiger partial charge in [0.15, 0.2) is 0 Å². The summed E-state index contributed by atoms with van der Waals surface area (Å²) < 4.78 is 8.56. The first-order valence-electron chi connectivity index (χ1n) is 7.21. The topological polar surface area (TPSA) is 73.4 Å². The Balaban J connectivity index is 1.94. The second-order valence-electron chi connectivity index (χ2n) is 5.79. The van der Waals surface area contributed by atoms with E-state index in [0.29, 0.717) is 25.4 Å². The summed E-state index contributed by atoms with van der Waals surface area (Å²) in [6, 6.07) is 5.31. The number of anilines is 1. The number of aryl methyl sites for hydroxylation is 1. The number of hydrogen-bond donors (Lipinski definition) is 0. The predicted molar refractivity (Wildman–Crippen MR) is 94.5 cm³/mol. The van der Waals surface area contributed by atoms with E-state index in [1.165, 1.54) is 0 Å². The third-order valence-corrected chi connectivity index (χ3v) is 4.74. The average Bonchev–Trinajstić information content (AvgIpc) is 2.94. The van der Waals surface area contributed by atoms with Crippen LogP contribution in [0.5, 0.6) is 0 Å². The van der Waals surface area contributed by atoms with Crippen molar-refractivity contribution in [3.05, 3.63) is 49.8 Å². The van der Waals surface area contributed by atoms with Gasteiger partial charge in [0.2, 0.25) is 0 Å². The molecule has 0 spiro atoms. The molecule has 1 atom stereocenters. The zero-order valence-corrected chi connectivity index (χ0v) is 15.1. The van der Waals surface area contributed by atoms with E-state index in [9.17, 15) is 10.1 Å². The molecule has 1 aromatic carbocycles. The molecule has 0 N–H and O–H groups in total. The Morgan fingerprint density at radius 3 is 2.91 bits per heavy atom. The molecule has 3 rings (SSSR count). The lowest BCUT2D eigenvalue weighted by Gasteiger charge is -2.41. The van der Waals surface area contributed by atoms with Crippen molar-refractivity contribution >= 4 is 34.0 Å². The molecule has 0 radical (unpaired) electrons. The van der Waals surface area contributed by atoms with Gasteiger partial charge in [-0.05, 0) is 41.6 Å². The number of nitro groups is 1. The van der Waals surface area contributed by atoms with Gasteiger partial charge in [-0.15, -0.1) is 0 Å². The van der Waals surface area contributed by atoms with E-state index in [0.717, 1.165) is 9.13 Å². The summed E-state index contributed by atoms with van der Waals surface area (Å²) in [6.45, 7) is 3.67. The Morgan fingerprint density at radius 2 is 2.26 bits per heavy atom. The average molecular weight is 428 g/mol. The molecule has 2 heterocycles. The van der Waals surface area contributed by atoms with Crippen LogP contribution in [-0.4, -0.2) is 34.4 Å². The van der Waals surface area contributed by atoms with E-state index in [4.69, 9.17) is 4.74 Å². The van der Waals surface area contributed by atoms with Crippen LogP contribution in [0, 0.1) is 13.7 Å². The minimum absolute atomic E-state index is 0.132. The summed E-state index contributed by atoms with van der Waals surface area (Å²) >= 11 is 2.09. The van der Waals surface area contributed by atoms with E-state index in [-0.39, 0.29) is 10.6 Å². The lowest BCUT2D eigenvalue weighted by Crippen LogP contribution is -2.48. The number of halogens is 1. The molecule has 0 saturated carbocycles. The summed E-state index contributed by atoms with van der Waals surface area (Å²) in [5.74, 6) is 0. The number of morpholine rings is 1. The second kappa shape index (κ2) is 6.08. The highest BCUT2D eigenvalue weighted by Crippen LogP contribution is 2.36. The number of nitro benzene ring substituents is 1. The summed E-state index contributed by atoms with van der Waals surface area (Å²) in [4.78, 5) is 13.1. The molecule has 8 heteroatoms. The van der Waals surface area contributed by atoms with E-state index in [1.807, 2.05) is 37.2 Å². The highest BCUT2D eigenvalue weighted by Gasteiger charge is 2.36. The number of hydrogen-bond acceptors (Lipinski definition) is 5. The van der Waals surface area contributed by atoms with Gasteiger partial charge in [0, 0.05) is 35.0 Å². The van der Waals surface area contributed by atoms with Crippen molar-refractivity contribution in [2.24, 2.45) is 7.05 Å². The van der Waals surface area contributed by atoms with Crippen LogP contribution < -0.4 is 4.90 Å². The minimum atomic E-state index is -0.538. The summed E-state index contributed by atoms with van der Waals surface area (Å²) in [6.07, 6.45) is 3.71. The number of benzene rings is 1. The first kappa shape index (κ1) is 16.2.